The number of methoxy groups -OCH3 is 1. The number of piperidine rings is 1. The summed E-state index contributed by atoms with van der Waals surface area (Å²) in [5.74, 6) is -0.418. The van der Waals surface area contributed by atoms with Gasteiger partial charge in [0.15, 0.2) is 5.13 Å². The van der Waals surface area contributed by atoms with Gasteiger partial charge in [-0.05, 0) is 31.0 Å². The van der Waals surface area contributed by atoms with Crippen molar-refractivity contribution < 1.29 is 9.53 Å². The summed E-state index contributed by atoms with van der Waals surface area (Å²) >= 11 is 1.64. The summed E-state index contributed by atoms with van der Waals surface area (Å²) in [4.78, 5) is 18.1. The van der Waals surface area contributed by atoms with Gasteiger partial charge in [-0.25, -0.2) is 4.98 Å². The summed E-state index contributed by atoms with van der Waals surface area (Å²) < 4.78 is 6.52. The van der Waals surface area contributed by atoms with Gasteiger partial charge >= 0.3 is 0 Å². The highest BCUT2D eigenvalue weighted by Crippen LogP contribution is 2.31. The molecule has 2 N–H and O–H groups in total. The van der Waals surface area contributed by atoms with E-state index >= 15 is 0 Å². The van der Waals surface area contributed by atoms with E-state index in [0.29, 0.717) is 5.56 Å². The first-order valence-corrected chi connectivity index (χ1v) is 7.47. The van der Waals surface area contributed by atoms with Gasteiger partial charge in [-0.3, -0.25) is 4.79 Å². The molecule has 1 aromatic heterocycles. The molecule has 3 rings (SSSR count). The highest BCUT2D eigenvalue weighted by molar-refractivity contribution is 7.22. The fraction of sp³-hybridized carbons (Fsp3) is 0.429. The van der Waals surface area contributed by atoms with Gasteiger partial charge in [0.05, 0.1) is 16.3 Å². The number of benzene rings is 1. The first-order chi connectivity index (χ1) is 9.67. The first-order valence-electron chi connectivity index (χ1n) is 6.65. The van der Waals surface area contributed by atoms with Crippen molar-refractivity contribution in [3.05, 3.63) is 23.8 Å². The number of rotatable bonds is 3. The molecular weight excluding hydrogens is 274 g/mol. The molecule has 0 bridgehead atoms. The molecule has 20 heavy (non-hydrogen) atoms. The topological polar surface area (TPSA) is 68.4 Å². The van der Waals surface area contributed by atoms with Crippen LogP contribution in [-0.2, 0) is 4.74 Å². The maximum atomic E-state index is 11.2. The lowest BCUT2D eigenvalue weighted by atomic mass is 10.1. The van der Waals surface area contributed by atoms with E-state index in [2.05, 4.69) is 9.88 Å². The highest BCUT2D eigenvalue weighted by Gasteiger charge is 2.22. The van der Waals surface area contributed by atoms with Crippen LogP contribution >= 0.6 is 11.3 Å². The number of fused-ring (bicyclic) bond motifs is 1. The normalized spacial score (nSPS) is 19.4. The second kappa shape index (κ2) is 5.38. The number of aromatic nitrogens is 1. The summed E-state index contributed by atoms with van der Waals surface area (Å²) in [6.07, 6.45) is 2.49. The number of thiazole rings is 1. The Balaban J connectivity index is 1.90. The predicted octanol–water partition coefficient (Wildman–Crippen LogP) is 2.01. The summed E-state index contributed by atoms with van der Waals surface area (Å²) in [6.45, 7) is 1.88. The van der Waals surface area contributed by atoms with E-state index in [4.69, 9.17) is 10.5 Å². The van der Waals surface area contributed by atoms with Crippen LogP contribution in [-0.4, -0.2) is 37.2 Å². The summed E-state index contributed by atoms with van der Waals surface area (Å²) in [5.41, 5.74) is 6.64. The Kier molecular flexibility index (Phi) is 3.58. The SMILES string of the molecule is CO[C@H]1CCCN(c2nc3cc(C(N)=O)ccc3s2)C1. The number of nitrogens with zero attached hydrogens (tertiary/aromatic N) is 2. The molecule has 106 valence electrons. The van der Waals surface area contributed by atoms with E-state index < -0.39 is 5.91 Å². The van der Waals surface area contributed by atoms with Gasteiger partial charge in [0.2, 0.25) is 5.91 Å². The van der Waals surface area contributed by atoms with Crippen molar-refractivity contribution in [3.8, 4) is 0 Å². The van der Waals surface area contributed by atoms with E-state index in [1.165, 1.54) is 0 Å². The van der Waals surface area contributed by atoms with Gasteiger partial charge < -0.3 is 15.4 Å². The number of carbonyl (C=O) groups excluding carboxylic acids is 1. The number of nitrogens with two attached hydrogens (primary N) is 1. The second-order valence-corrected chi connectivity index (χ2v) is 6.00. The van der Waals surface area contributed by atoms with Crippen LogP contribution in [0, 0.1) is 0 Å². The van der Waals surface area contributed by atoms with Gasteiger partial charge in [0.1, 0.15) is 0 Å². The third-order valence-electron chi connectivity index (χ3n) is 3.64. The molecule has 1 fully saturated rings. The zero-order chi connectivity index (χ0) is 14.1. The summed E-state index contributed by atoms with van der Waals surface area (Å²) in [5, 5.41) is 0.989. The third kappa shape index (κ3) is 2.48. The Labute approximate surface area is 121 Å². The van der Waals surface area contributed by atoms with Gasteiger partial charge in [-0.2, -0.15) is 0 Å². The molecule has 1 amide bonds. The van der Waals surface area contributed by atoms with Crippen LogP contribution in [0.5, 0.6) is 0 Å². The zero-order valence-corrected chi connectivity index (χ0v) is 12.2. The molecule has 5 nitrogen and oxygen atoms in total. The summed E-state index contributed by atoms with van der Waals surface area (Å²) in [6, 6.07) is 5.42. The second-order valence-electron chi connectivity index (χ2n) is 4.99. The number of carbonyl (C=O) groups is 1. The summed E-state index contributed by atoms with van der Waals surface area (Å²) in [7, 11) is 1.76. The maximum absolute atomic E-state index is 11.2. The molecule has 1 aliphatic rings. The Morgan fingerprint density at radius 1 is 1.55 bits per heavy atom. The molecular formula is C14H17N3O2S. The number of anilines is 1. The molecule has 1 saturated heterocycles. The van der Waals surface area contributed by atoms with E-state index in [-0.39, 0.29) is 6.10 Å². The highest BCUT2D eigenvalue weighted by atomic mass is 32.1. The Morgan fingerprint density at radius 3 is 3.15 bits per heavy atom. The molecule has 1 aliphatic heterocycles. The average Bonchev–Trinajstić information content (AvgIpc) is 2.90. The number of ether oxygens (including phenoxy) is 1. The molecule has 0 saturated carbocycles. The maximum Gasteiger partial charge on any atom is 0.248 e. The zero-order valence-electron chi connectivity index (χ0n) is 11.3. The fourth-order valence-electron chi connectivity index (χ4n) is 2.51. The molecule has 6 heteroatoms. The average molecular weight is 291 g/mol. The van der Waals surface area contributed by atoms with Crippen LogP contribution in [0.1, 0.15) is 23.2 Å². The number of hydrogen-bond donors (Lipinski definition) is 1. The van der Waals surface area contributed by atoms with Gasteiger partial charge in [0, 0.05) is 25.8 Å². The molecule has 1 aromatic carbocycles. The van der Waals surface area contributed by atoms with Crippen LogP contribution in [0.3, 0.4) is 0 Å². The number of amides is 1. The largest absolute Gasteiger partial charge is 0.380 e. The molecule has 0 aliphatic carbocycles. The van der Waals surface area contributed by atoms with Crippen LogP contribution < -0.4 is 10.6 Å². The van der Waals surface area contributed by atoms with Crippen molar-refractivity contribution in [2.75, 3.05) is 25.1 Å². The monoisotopic (exact) mass is 291 g/mol. The van der Waals surface area contributed by atoms with E-state index in [9.17, 15) is 4.79 Å². The number of primary amides is 1. The van der Waals surface area contributed by atoms with E-state index in [0.717, 1.165) is 41.3 Å². The lowest BCUT2D eigenvalue weighted by molar-refractivity contribution is 0.0893. The Bertz CT molecular complexity index is 640. The van der Waals surface area contributed by atoms with Crippen molar-refractivity contribution in [2.45, 2.75) is 18.9 Å². The third-order valence-corrected chi connectivity index (χ3v) is 4.74. The molecule has 1 atom stereocenters. The van der Waals surface area contributed by atoms with Crippen molar-refractivity contribution in [1.82, 2.24) is 4.98 Å². The van der Waals surface area contributed by atoms with Gasteiger partial charge in [0.25, 0.3) is 0 Å². The minimum absolute atomic E-state index is 0.275. The van der Waals surface area contributed by atoms with Crippen molar-refractivity contribution in [1.29, 1.82) is 0 Å². The quantitative estimate of drug-likeness (QED) is 0.939. The molecule has 2 heterocycles. The molecule has 0 unspecified atom stereocenters. The minimum atomic E-state index is -0.418. The standard InChI is InChI=1S/C14H17N3O2S/c1-19-10-3-2-6-17(8-10)14-16-11-7-9(13(15)18)4-5-12(11)20-14/h4-5,7,10H,2-3,6,8H2,1H3,(H2,15,18)/t10-/m0/s1. The van der Waals surface area contributed by atoms with Crippen molar-refractivity contribution in [2.24, 2.45) is 5.73 Å². The fourth-order valence-corrected chi connectivity index (χ4v) is 3.49. The van der Waals surface area contributed by atoms with E-state index in [1.54, 1.807) is 30.6 Å². The van der Waals surface area contributed by atoms with E-state index in [1.807, 2.05) is 6.07 Å². The van der Waals surface area contributed by atoms with Crippen LogP contribution in [0.4, 0.5) is 5.13 Å². The minimum Gasteiger partial charge on any atom is -0.380 e. The first kappa shape index (κ1) is 13.3. The Morgan fingerprint density at radius 2 is 2.40 bits per heavy atom. The lowest BCUT2D eigenvalue weighted by Crippen LogP contribution is -2.39. The predicted molar refractivity (Wildman–Crippen MR) is 80.4 cm³/mol. The lowest BCUT2D eigenvalue weighted by Gasteiger charge is -2.31. The Hall–Kier alpha value is -1.66. The smallest absolute Gasteiger partial charge is 0.248 e. The number of hydrogen-bond acceptors (Lipinski definition) is 5. The van der Waals surface area contributed by atoms with Crippen molar-refractivity contribution >= 4 is 32.6 Å². The molecule has 0 radical (unpaired) electrons. The van der Waals surface area contributed by atoms with Gasteiger partial charge in [-0.1, -0.05) is 11.3 Å². The molecule has 0 spiro atoms. The van der Waals surface area contributed by atoms with Crippen LogP contribution in [0.2, 0.25) is 0 Å². The van der Waals surface area contributed by atoms with Crippen LogP contribution in [0.15, 0.2) is 18.2 Å². The van der Waals surface area contributed by atoms with Crippen molar-refractivity contribution in [3.63, 3.8) is 0 Å². The van der Waals surface area contributed by atoms with Crippen LogP contribution in [0.25, 0.3) is 10.2 Å². The van der Waals surface area contributed by atoms with Gasteiger partial charge in [-0.15, -0.1) is 0 Å². The molecule has 2 aromatic rings.